The van der Waals surface area contributed by atoms with Crippen molar-refractivity contribution in [2.24, 2.45) is 0 Å². The molecule has 0 N–H and O–H groups in total. The Morgan fingerprint density at radius 3 is 2.67 bits per heavy atom. The number of thioether (sulfide) groups is 1. The van der Waals surface area contributed by atoms with Gasteiger partial charge in [-0.05, 0) is 55.5 Å². The van der Waals surface area contributed by atoms with Crippen molar-refractivity contribution >= 4 is 50.3 Å². The number of thiazole rings is 1. The fourth-order valence-corrected chi connectivity index (χ4v) is 5.08. The Morgan fingerprint density at radius 1 is 1.23 bits per heavy atom. The Balaban J connectivity index is 1.69. The summed E-state index contributed by atoms with van der Waals surface area (Å²) in [5, 5.41) is 0.657. The van der Waals surface area contributed by atoms with Crippen LogP contribution in [0.3, 0.4) is 0 Å². The number of aromatic nitrogens is 1. The third-order valence-electron chi connectivity index (χ3n) is 5.03. The number of carbonyl (C=O) groups is 2. The van der Waals surface area contributed by atoms with E-state index < -0.39 is 5.97 Å². The second kappa shape index (κ2) is 9.16. The van der Waals surface area contributed by atoms with Crippen molar-refractivity contribution < 1.29 is 19.1 Å². The molecule has 8 heteroatoms. The summed E-state index contributed by atoms with van der Waals surface area (Å²) in [5.74, 6) is -0.590. The van der Waals surface area contributed by atoms with Crippen LogP contribution in [0.25, 0.3) is 10.2 Å². The van der Waals surface area contributed by atoms with Crippen molar-refractivity contribution in [3.8, 4) is 0 Å². The monoisotopic (exact) mass is 442 g/mol. The van der Waals surface area contributed by atoms with E-state index in [0.717, 1.165) is 34.6 Å². The van der Waals surface area contributed by atoms with Crippen LogP contribution in [0.4, 0.5) is 5.13 Å². The van der Waals surface area contributed by atoms with E-state index in [2.05, 4.69) is 0 Å². The minimum atomic E-state index is -0.430. The summed E-state index contributed by atoms with van der Waals surface area (Å²) in [6, 6.07) is 12.6. The van der Waals surface area contributed by atoms with Crippen molar-refractivity contribution in [1.82, 2.24) is 4.98 Å². The van der Waals surface area contributed by atoms with E-state index in [9.17, 15) is 9.59 Å². The minimum Gasteiger partial charge on any atom is -0.465 e. The number of nitrogens with zero attached hydrogens (tertiary/aromatic N) is 2. The van der Waals surface area contributed by atoms with Gasteiger partial charge in [0.05, 0.1) is 35.5 Å². The summed E-state index contributed by atoms with van der Waals surface area (Å²) >= 11 is 3.14. The summed E-state index contributed by atoms with van der Waals surface area (Å²) in [6.07, 6.45) is 3.94. The van der Waals surface area contributed by atoms with Crippen LogP contribution < -0.4 is 4.90 Å². The summed E-state index contributed by atoms with van der Waals surface area (Å²) in [5.41, 5.74) is 1.81. The first-order valence-corrected chi connectivity index (χ1v) is 11.7. The molecule has 2 aromatic carbocycles. The Bertz CT molecular complexity index is 1060. The summed E-state index contributed by atoms with van der Waals surface area (Å²) in [4.78, 5) is 32.7. The third kappa shape index (κ3) is 4.21. The van der Waals surface area contributed by atoms with Gasteiger partial charge in [0.25, 0.3) is 5.91 Å². The first-order valence-electron chi connectivity index (χ1n) is 9.66. The molecule has 0 saturated carbocycles. The maximum absolute atomic E-state index is 13.4. The summed E-state index contributed by atoms with van der Waals surface area (Å²) < 4.78 is 11.6. The number of rotatable bonds is 6. The lowest BCUT2D eigenvalue weighted by Crippen LogP contribution is -2.37. The van der Waals surface area contributed by atoms with Gasteiger partial charge in [-0.15, -0.1) is 11.8 Å². The van der Waals surface area contributed by atoms with E-state index in [0.29, 0.717) is 22.8 Å². The van der Waals surface area contributed by atoms with Crippen LogP contribution in [0.1, 0.15) is 33.6 Å². The van der Waals surface area contributed by atoms with E-state index in [1.165, 1.54) is 18.4 Å². The van der Waals surface area contributed by atoms with E-state index in [1.807, 2.05) is 24.5 Å². The molecule has 0 spiro atoms. The predicted molar refractivity (Wildman–Crippen MR) is 120 cm³/mol. The molecule has 1 atom stereocenters. The van der Waals surface area contributed by atoms with E-state index in [4.69, 9.17) is 14.5 Å². The number of hydrogen-bond donors (Lipinski definition) is 0. The summed E-state index contributed by atoms with van der Waals surface area (Å²) in [6.45, 7) is 1.17. The predicted octanol–water partition coefficient (Wildman–Crippen LogP) is 4.63. The van der Waals surface area contributed by atoms with Crippen LogP contribution in [0.15, 0.2) is 47.4 Å². The number of anilines is 1. The molecule has 1 fully saturated rings. The van der Waals surface area contributed by atoms with Gasteiger partial charge in [-0.1, -0.05) is 17.4 Å². The van der Waals surface area contributed by atoms with Crippen molar-refractivity contribution in [2.45, 2.75) is 23.8 Å². The number of benzene rings is 2. The largest absolute Gasteiger partial charge is 0.465 e. The smallest absolute Gasteiger partial charge is 0.337 e. The molecule has 1 saturated heterocycles. The van der Waals surface area contributed by atoms with Crippen LogP contribution in [0.2, 0.25) is 0 Å². The maximum Gasteiger partial charge on any atom is 0.337 e. The lowest BCUT2D eigenvalue weighted by atomic mass is 10.1. The zero-order chi connectivity index (χ0) is 21.1. The van der Waals surface area contributed by atoms with Gasteiger partial charge in [0.2, 0.25) is 0 Å². The third-order valence-corrected chi connectivity index (χ3v) is 6.84. The second-order valence-corrected chi connectivity index (χ2v) is 8.78. The van der Waals surface area contributed by atoms with Crippen LogP contribution in [0.5, 0.6) is 0 Å². The first kappa shape index (κ1) is 20.8. The topological polar surface area (TPSA) is 68.7 Å². The normalized spacial score (nSPS) is 16.0. The molecular formula is C22H22N2O4S2. The van der Waals surface area contributed by atoms with Crippen LogP contribution in [0, 0.1) is 0 Å². The lowest BCUT2D eigenvalue weighted by Gasteiger charge is -2.23. The number of para-hydroxylation sites is 1. The van der Waals surface area contributed by atoms with Crippen LogP contribution >= 0.6 is 23.1 Å². The zero-order valence-electron chi connectivity index (χ0n) is 16.8. The van der Waals surface area contributed by atoms with Crippen molar-refractivity contribution in [1.29, 1.82) is 0 Å². The highest BCUT2D eigenvalue weighted by Gasteiger charge is 2.27. The van der Waals surface area contributed by atoms with E-state index >= 15 is 0 Å². The number of ether oxygens (including phenoxy) is 2. The lowest BCUT2D eigenvalue weighted by molar-refractivity contribution is 0.0600. The minimum absolute atomic E-state index is 0.00433. The highest BCUT2D eigenvalue weighted by Crippen LogP contribution is 2.35. The molecule has 6 nitrogen and oxygen atoms in total. The molecule has 1 aliphatic rings. The number of fused-ring (bicyclic) bond motifs is 1. The van der Waals surface area contributed by atoms with Crippen molar-refractivity contribution in [2.75, 3.05) is 31.4 Å². The highest BCUT2D eigenvalue weighted by molar-refractivity contribution is 7.98. The maximum atomic E-state index is 13.4. The molecule has 0 aliphatic carbocycles. The molecule has 0 radical (unpaired) electrons. The van der Waals surface area contributed by atoms with Gasteiger partial charge in [0.1, 0.15) is 0 Å². The van der Waals surface area contributed by atoms with Gasteiger partial charge in [-0.3, -0.25) is 9.69 Å². The summed E-state index contributed by atoms with van der Waals surface area (Å²) in [7, 11) is 1.33. The van der Waals surface area contributed by atoms with Gasteiger partial charge < -0.3 is 9.47 Å². The van der Waals surface area contributed by atoms with Gasteiger partial charge in [-0.2, -0.15) is 0 Å². The fraction of sp³-hybridized carbons (Fsp3) is 0.318. The van der Waals surface area contributed by atoms with E-state index in [-0.39, 0.29) is 12.0 Å². The standard InChI is InChI=1S/C22H22N2O4S2/c1-27-21(26)15-10-8-14(9-11-15)20(25)24(13-16-5-4-12-28-16)22-23-19-17(29-2)6-3-7-18(19)30-22/h3,6-11,16H,4-5,12-13H2,1-2H3/t16-/m0/s1. The van der Waals surface area contributed by atoms with Crippen molar-refractivity contribution in [3.05, 3.63) is 53.6 Å². The van der Waals surface area contributed by atoms with Gasteiger partial charge in [-0.25, -0.2) is 9.78 Å². The zero-order valence-corrected chi connectivity index (χ0v) is 18.4. The molecule has 30 heavy (non-hydrogen) atoms. The SMILES string of the molecule is COC(=O)c1ccc(C(=O)N(C[C@@H]2CCCO2)c2nc3c(SC)cccc3s2)cc1. The Labute approximate surface area is 183 Å². The second-order valence-electron chi connectivity index (χ2n) is 6.92. The molecule has 0 unspecified atom stereocenters. The molecule has 1 aromatic heterocycles. The number of methoxy groups -OCH3 is 1. The number of hydrogen-bond acceptors (Lipinski definition) is 7. The average molecular weight is 443 g/mol. The Kier molecular flexibility index (Phi) is 6.36. The number of esters is 1. The molecule has 156 valence electrons. The van der Waals surface area contributed by atoms with Gasteiger partial charge >= 0.3 is 5.97 Å². The van der Waals surface area contributed by atoms with Gasteiger partial charge in [0.15, 0.2) is 5.13 Å². The number of carbonyl (C=O) groups excluding carboxylic acids is 2. The fourth-order valence-electron chi connectivity index (χ4n) is 3.45. The quantitative estimate of drug-likeness (QED) is 0.410. The average Bonchev–Trinajstić information content (AvgIpc) is 3.45. The molecule has 0 bridgehead atoms. The van der Waals surface area contributed by atoms with Crippen molar-refractivity contribution in [3.63, 3.8) is 0 Å². The number of amides is 1. The van der Waals surface area contributed by atoms with Gasteiger partial charge in [0, 0.05) is 17.1 Å². The Hall–Kier alpha value is -2.42. The molecular weight excluding hydrogens is 420 g/mol. The highest BCUT2D eigenvalue weighted by atomic mass is 32.2. The van der Waals surface area contributed by atoms with Crippen LogP contribution in [-0.2, 0) is 9.47 Å². The molecule has 1 aliphatic heterocycles. The molecule has 3 aromatic rings. The molecule has 4 rings (SSSR count). The molecule has 2 heterocycles. The first-order chi connectivity index (χ1) is 14.6. The van der Waals surface area contributed by atoms with Crippen LogP contribution in [-0.4, -0.2) is 49.5 Å². The molecule has 1 amide bonds. The van der Waals surface area contributed by atoms with E-state index in [1.54, 1.807) is 40.9 Å². The Morgan fingerprint density at radius 2 is 2.00 bits per heavy atom.